The van der Waals surface area contributed by atoms with Crippen LogP contribution in [0.3, 0.4) is 0 Å². The van der Waals surface area contributed by atoms with Crippen molar-refractivity contribution in [1.82, 2.24) is 10.9 Å². The van der Waals surface area contributed by atoms with Crippen LogP contribution in [-0.2, 0) is 0 Å². The highest BCUT2D eigenvalue weighted by molar-refractivity contribution is 5.95. The average Bonchev–Trinajstić information content (AvgIpc) is 3.18. The average molecular weight is 362 g/mol. The van der Waals surface area contributed by atoms with Crippen molar-refractivity contribution in [3.05, 3.63) is 72.3 Å². The zero-order valence-electron chi connectivity index (χ0n) is 14.7. The van der Waals surface area contributed by atoms with Crippen LogP contribution < -0.4 is 25.1 Å². The molecule has 0 spiro atoms. The molecule has 1 aliphatic heterocycles. The number of carbonyl (C=O) groups excluding carboxylic acids is 1. The molecular formula is C21H18N2O4. The zero-order chi connectivity index (χ0) is 18.8. The van der Waals surface area contributed by atoms with E-state index in [2.05, 4.69) is 17.4 Å². The van der Waals surface area contributed by atoms with Crippen LogP contribution in [0.1, 0.15) is 15.9 Å². The Hall–Kier alpha value is -3.67. The molecular weight excluding hydrogens is 344 g/mol. The number of carbonyl (C=O) groups is 1. The number of ether oxygens (including phenoxy) is 3. The maximum Gasteiger partial charge on any atom is 0.269 e. The fourth-order valence-corrected chi connectivity index (χ4v) is 2.85. The number of hydrogen-bond donors (Lipinski definition) is 2. The molecule has 27 heavy (non-hydrogen) atoms. The number of hydrazine groups is 1. The summed E-state index contributed by atoms with van der Waals surface area (Å²) in [4.78, 5) is 12.3. The lowest BCUT2D eigenvalue weighted by molar-refractivity contribution is 0.0942. The van der Waals surface area contributed by atoms with Crippen LogP contribution in [-0.4, -0.2) is 19.8 Å². The van der Waals surface area contributed by atoms with Crippen LogP contribution in [0.25, 0.3) is 16.5 Å². The number of nitrogens with one attached hydrogen (secondary N) is 2. The van der Waals surface area contributed by atoms with Gasteiger partial charge in [0.1, 0.15) is 5.75 Å². The van der Waals surface area contributed by atoms with Gasteiger partial charge in [0.25, 0.3) is 5.91 Å². The van der Waals surface area contributed by atoms with Crippen molar-refractivity contribution in [2.45, 2.75) is 0 Å². The summed E-state index contributed by atoms with van der Waals surface area (Å²) in [5.41, 5.74) is 7.43. The van der Waals surface area contributed by atoms with E-state index in [1.807, 2.05) is 36.4 Å². The highest BCUT2D eigenvalue weighted by Gasteiger charge is 2.16. The van der Waals surface area contributed by atoms with Gasteiger partial charge in [-0.3, -0.25) is 15.6 Å². The van der Waals surface area contributed by atoms with Gasteiger partial charge >= 0.3 is 0 Å². The van der Waals surface area contributed by atoms with Gasteiger partial charge < -0.3 is 14.2 Å². The van der Waals surface area contributed by atoms with E-state index in [9.17, 15) is 4.79 Å². The standard InChI is InChI=1S/C21H18N2O4/c1-13(14-3-4-16-10-18(25-2)7-5-15(16)9-14)22-23-21(24)17-6-8-19-20(11-17)27-12-26-19/h3-11,22H,1,12H2,2H3,(H,23,24). The second-order valence-corrected chi connectivity index (χ2v) is 6.05. The van der Waals surface area contributed by atoms with Crippen molar-refractivity contribution in [3.63, 3.8) is 0 Å². The van der Waals surface area contributed by atoms with E-state index in [-0.39, 0.29) is 12.7 Å². The Bertz CT molecular complexity index is 1050. The summed E-state index contributed by atoms with van der Waals surface area (Å²) < 4.78 is 15.8. The van der Waals surface area contributed by atoms with E-state index in [0.717, 1.165) is 22.1 Å². The van der Waals surface area contributed by atoms with Gasteiger partial charge in [-0.2, -0.15) is 0 Å². The smallest absolute Gasteiger partial charge is 0.269 e. The van der Waals surface area contributed by atoms with Gasteiger partial charge in [0.15, 0.2) is 11.5 Å². The first-order valence-electron chi connectivity index (χ1n) is 8.37. The molecule has 0 unspecified atom stereocenters. The molecule has 3 aromatic carbocycles. The summed E-state index contributed by atoms with van der Waals surface area (Å²) in [6.07, 6.45) is 0. The summed E-state index contributed by atoms with van der Waals surface area (Å²) >= 11 is 0. The van der Waals surface area contributed by atoms with Gasteiger partial charge in [-0.05, 0) is 52.7 Å². The lowest BCUT2D eigenvalue weighted by Crippen LogP contribution is -2.35. The third-order valence-electron chi connectivity index (χ3n) is 4.36. The number of hydrogen-bond acceptors (Lipinski definition) is 5. The van der Waals surface area contributed by atoms with E-state index in [1.165, 1.54) is 0 Å². The maximum absolute atomic E-state index is 12.3. The lowest BCUT2D eigenvalue weighted by Gasteiger charge is -2.12. The van der Waals surface area contributed by atoms with Gasteiger partial charge in [0, 0.05) is 5.56 Å². The first-order valence-corrected chi connectivity index (χ1v) is 8.37. The summed E-state index contributed by atoms with van der Waals surface area (Å²) in [6.45, 7) is 4.16. The Balaban J connectivity index is 1.44. The molecule has 1 amide bonds. The summed E-state index contributed by atoms with van der Waals surface area (Å²) in [5.74, 6) is 1.71. The highest BCUT2D eigenvalue weighted by Crippen LogP contribution is 2.32. The van der Waals surface area contributed by atoms with E-state index >= 15 is 0 Å². The fraction of sp³-hybridized carbons (Fsp3) is 0.0952. The van der Waals surface area contributed by atoms with Crippen molar-refractivity contribution in [2.24, 2.45) is 0 Å². The molecule has 0 radical (unpaired) electrons. The lowest BCUT2D eigenvalue weighted by atomic mass is 10.1. The second-order valence-electron chi connectivity index (χ2n) is 6.05. The maximum atomic E-state index is 12.3. The Morgan fingerprint density at radius 3 is 2.52 bits per heavy atom. The third kappa shape index (κ3) is 3.37. The second kappa shape index (κ2) is 6.92. The molecule has 0 atom stereocenters. The molecule has 1 heterocycles. The zero-order valence-corrected chi connectivity index (χ0v) is 14.7. The predicted molar refractivity (Wildman–Crippen MR) is 103 cm³/mol. The molecule has 0 fully saturated rings. The number of amides is 1. The first-order chi connectivity index (χ1) is 13.1. The quantitative estimate of drug-likeness (QED) is 0.680. The summed E-state index contributed by atoms with van der Waals surface area (Å²) in [6, 6.07) is 16.8. The molecule has 0 aliphatic carbocycles. The molecule has 1 aliphatic rings. The molecule has 4 rings (SSSR count). The Labute approximate surface area is 156 Å². The molecule has 136 valence electrons. The van der Waals surface area contributed by atoms with Crippen LogP contribution >= 0.6 is 0 Å². The fourth-order valence-electron chi connectivity index (χ4n) is 2.85. The normalized spacial score (nSPS) is 11.9. The van der Waals surface area contributed by atoms with Crippen molar-refractivity contribution < 1.29 is 19.0 Å². The number of benzene rings is 3. The van der Waals surface area contributed by atoms with E-state index in [4.69, 9.17) is 14.2 Å². The Morgan fingerprint density at radius 1 is 0.926 bits per heavy atom. The molecule has 0 saturated carbocycles. The topological polar surface area (TPSA) is 68.8 Å². The molecule has 3 aromatic rings. The van der Waals surface area contributed by atoms with E-state index < -0.39 is 0 Å². The minimum absolute atomic E-state index is 0.170. The first kappa shape index (κ1) is 16.8. The minimum atomic E-state index is -0.292. The summed E-state index contributed by atoms with van der Waals surface area (Å²) in [7, 11) is 1.64. The van der Waals surface area contributed by atoms with E-state index in [1.54, 1.807) is 25.3 Å². The van der Waals surface area contributed by atoms with Crippen molar-refractivity contribution in [3.8, 4) is 17.2 Å². The van der Waals surface area contributed by atoms with E-state index in [0.29, 0.717) is 22.8 Å². The van der Waals surface area contributed by atoms with Crippen molar-refractivity contribution in [2.75, 3.05) is 13.9 Å². The van der Waals surface area contributed by atoms with Crippen LogP contribution in [0.5, 0.6) is 17.2 Å². The monoisotopic (exact) mass is 362 g/mol. The minimum Gasteiger partial charge on any atom is -0.497 e. The highest BCUT2D eigenvalue weighted by atomic mass is 16.7. The van der Waals surface area contributed by atoms with Crippen LogP contribution in [0.4, 0.5) is 0 Å². The van der Waals surface area contributed by atoms with Gasteiger partial charge in [-0.15, -0.1) is 0 Å². The van der Waals surface area contributed by atoms with Crippen LogP contribution in [0, 0.1) is 0 Å². The predicted octanol–water partition coefficient (Wildman–Crippen LogP) is 3.48. The molecule has 6 heteroatoms. The van der Waals surface area contributed by atoms with Crippen molar-refractivity contribution >= 4 is 22.4 Å². The molecule has 6 nitrogen and oxygen atoms in total. The van der Waals surface area contributed by atoms with Gasteiger partial charge in [0.05, 0.1) is 12.8 Å². The molecule has 0 saturated heterocycles. The molecule has 0 bridgehead atoms. The summed E-state index contributed by atoms with van der Waals surface area (Å²) in [5, 5.41) is 2.12. The molecule has 2 N–H and O–H groups in total. The SMILES string of the molecule is C=C(NNC(=O)c1ccc2c(c1)OCO2)c1ccc2cc(OC)ccc2c1. The van der Waals surface area contributed by atoms with Gasteiger partial charge in [0.2, 0.25) is 6.79 Å². The van der Waals surface area contributed by atoms with Crippen LogP contribution in [0.15, 0.2) is 61.2 Å². The van der Waals surface area contributed by atoms with Gasteiger partial charge in [-0.1, -0.05) is 24.8 Å². The molecule has 0 aromatic heterocycles. The Morgan fingerprint density at radius 2 is 1.67 bits per heavy atom. The largest absolute Gasteiger partial charge is 0.497 e. The van der Waals surface area contributed by atoms with Crippen LogP contribution in [0.2, 0.25) is 0 Å². The third-order valence-corrected chi connectivity index (χ3v) is 4.36. The van der Waals surface area contributed by atoms with Crippen molar-refractivity contribution in [1.29, 1.82) is 0 Å². The number of methoxy groups -OCH3 is 1. The van der Waals surface area contributed by atoms with Gasteiger partial charge in [-0.25, -0.2) is 0 Å². The number of rotatable bonds is 5. The number of fused-ring (bicyclic) bond motifs is 2. The Kier molecular flexibility index (Phi) is 4.30.